The number of amides is 2. The summed E-state index contributed by atoms with van der Waals surface area (Å²) >= 11 is 0. The minimum Gasteiger partial charge on any atom is -0.346 e. The first-order valence-corrected chi connectivity index (χ1v) is 7.68. The molecule has 5 nitrogen and oxygen atoms in total. The van der Waals surface area contributed by atoms with Gasteiger partial charge >= 0.3 is 0 Å². The number of nitrogens with zero attached hydrogens (tertiary/aromatic N) is 2. The first-order valence-electron chi connectivity index (χ1n) is 7.68. The van der Waals surface area contributed by atoms with E-state index in [0.29, 0.717) is 24.1 Å². The summed E-state index contributed by atoms with van der Waals surface area (Å²) in [4.78, 5) is 33.4. The van der Waals surface area contributed by atoms with Gasteiger partial charge in [0.1, 0.15) is 5.82 Å². The Kier molecular flexibility index (Phi) is 4.04. The molecule has 0 unspecified atom stereocenters. The molecule has 114 valence electrons. The van der Waals surface area contributed by atoms with Gasteiger partial charge in [-0.1, -0.05) is 25.5 Å². The molecule has 1 N–H and O–H groups in total. The van der Waals surface area contributed by atoms with E-state index >= 15 is 0 Å². The lowest BCUT2D eigenvalue weighted by Crippen LogP contribution is -2.31. The van der Waals surface area contributed by atoms with Gasteiger partial charge in [0.05, 0.1) is 11.1 Å². The number of nitrogens with one attached hydrogen (secondary N) is 1. The van der Waals surface area contributed by atoms with Crippen LogP contribution in [0.3, 0.4) is 0 Å². The summed E-state index contributed by atoms with van der Waals surface area (Å²) in [5.74, 6) is 0.567. The van der Waals surface area contributed by atoms with E-state index in [1.807, 2.05) is 0 Å². The number of benzene rings is 1. The van der Waals surface area contributed by atoms with Crippen molar-refractivity contribution in [2.24, 2.45) is 0 Å². The monoisotopic (exact) mass is 297 g/mol. The second-order valence-electron chi connectivity index (χ2n) is 5.52. The van der Waals surface area contributed by atoms with Crippen LogP contribution in [0.4, 0.5) is 0 Å². The molecule has 1 aromatic heterocycles. The van der Waals surface area contributed by atoms with Gasteiger partial charge < -0.3 is 4.98 Å². The first kappa shape index (κ1) is 14.5. The molecule has 1 aliphatic rings. The molecule has 1 aliphatic heterocycles. The minimum absolute atomic E-state index is 0.202. The number of carbonyl (C=O) groups is 2. The van der Waals surface area contributed by atoms with Crippen LogP contribution in [0.1, 0.15) is 52.0 Å². The van der Waals surface area contributed by atoms with E-state index in [9.17, 15) is 9.59 Å². The van der Waals surface area contributed by atoms with Gasteiger partial charge in [0.15, 0.2) is 0 Å². The van der Waals surface area contributed by atoms with Crippen LogP contribution in [0.25, 0.3) is 0 Å². The van der Waals surface area contributed by atoms with Crippen molar-refractivity contribution in [3.8, 4) is 0 Å². The van der Waals surface area contributed by atoms with Crippen molar-refractivity contribution >= 4 is 11.8 Å². The normalized spacial score (nSPS) is 13.8. The van der Waals surface area contributed by atoms with Crippen molar-refractivity contribution in [1.82, 2.24) is 14.9 Å². The Hall–Kier alpha value is -2.43. The van der Waals surface area contributed by atoms with E-state index in [-0.39, 0.29) is 11.8 Å². The van der Waals surface area contributed by atoms with Crippen LogP contribution in [-0.2, 0) is 12.8 Å². The number of unbranched alkanes of at least 4 members (excludes halogenated alkanes) is 1. The third kappa shape index (κ3) is 2.66. The molecule has 2 amide bonds. The number of fused-ring (bicyclic) bond motifs is 1. The fourth-order valence-corrected chi connectivity index (χ4v) is 2.68. The molecule has 22 heavy (non-hydrogen) atoms. The zero-order valence-electron chi connectivity index (χ0n) is 12.6. The Labute approximate surface area is 129 Å². The van der Waals surface area contributed by atoms with Gasteiger partial charge in [0.25, 0.3) is 11.8 Å². The number of hydrogen-bond acceptors (Lipinski definition) is 3. The fourth-order valence-electron chi connectivity index (χ4n) is 2.68. The van der Waals surface area contributed by atoms with Gasteiger partial charge in [-0.25, -0.2) is 4.98 Å². The van der Waals surface area contributed by atoms with Gasteiger partial charge in [0, 0.05) is 31.3 Å². The number of aromatic amines is 1. The highest BCUT2D eigenvalue weighted by Crippen LogP contribution is 2.22. The largest absolute Gasteiger partial charge is 0.346 e. The molecule has 2 heterocycles. The zero-order chi connectivity index (χ0) is 15.5. The van der Waals surface area contributed by atoms with Gasteiger partial charge in [-0.15, -0.1) is 0 Å². The summed E-state index contributed by atoms with van der Waals surface area (Å²) in [6.45, 7) is 2.52. The minimum atomic E-state index is -0.202. The maximum Gasteiger partial charge on any atom is 0.261 e. The molecule has 0 spiro atoms. The third-order valence-electron chi connectivity index (χ3n) is 3.93. The molecule has 3 rings (SSSR count). The van der Waals surface area contributed by atoms with E-state index in [1.165, 1.54) is 4.90 Å². The van der Waals surface area contributed by atoms with E-state index < -0.39 is 0 Å². The topological polar surface area (TPSA) is 66.1 Å². The van der Waals surface area contributed by atoms with Crippen LogP contribution in [0.2, 0.25) is 0 Å². The highest BCUT2D eigenvalue weighted by Gasteiger charge is 2.34. The number of H-pyrrole nitrogens is 1. The van der Waals surface area contributed by atoms with Crippen LogP contribution in [0.5, 0.6) is 0 Å². The molecular weight excluding hydrogens is 278 g/mol. The predicted octanol–water partition coefficient (Wildman–Crippen LogP) is 2.59. The third-order valence-corrected chi connectivity index (χ3v) is 3.93. The number of rotatable bonds is 6. The molecule has 0 bridgehead atoms. The number of carbonyl (C=O) groups excluding carboxylic acids is 2. The summed E-state index contributed by atoms with van der Waals surface area (Å²) < 4.78 is 0. The summed E-state index contributed by atoms with van der Waals surface area (Å²) in [5, 5.41) is 0. The molecule has 0 aliphatic carbocycles. The molecule has 0 fully saturated rings. The standard InChI is InChI=1S/C17H19N3O2/c1-2-3-8-15-18-11-12(19-15)9-10-20-16(21)13-6-4-5-7-14(13)17(20)22/h4-7,11H,2-3,8-10H2,1H3,(H,18,19). The van der Waals surface area contributed by atoms with Crippen molar-refractivity contribution in [1.29, 1.82) is 0 Å². The maximum absolute atomic E-state index is 12.3. The lowest BCUT2D eigenvalue weighted by atomic mass is 10.1. The second kappa shape index (κ2) is 6.13. The van der Waals surface area contributed by atoms with Gasteiger partial charge in [-0.3, -0.25) is 14.5 Å². The predicted molar refractivity (Wildman–Crippen MR) is 82.7 cm³/mol. The quantitative estimate of drug-likeness (QED) is 0.833. The highest BCUT2D eigenvalue weighted by atomic mass is 16.2. The van der Waals surface area contributed by atoms with Crippen molar-refractivity contribution in [3.05, 3.63) is 53.1 Å². The van der Waals surface area contributed by atoms with Gasteiger partial charge in [-0.2, -0.15) is 0 Å². The van der Waals surface area contributed by atoms with Crippen LogP contribution < -0.4 is 0 Å². The van der Waals surface area contributed by atoms with Gasteiger partial charge in [0.2, 0.25) is 0 Å². The summed E-state index contributed by atoms with van der Waals surface area (Å²) in [6.07, 6.45) is 5.56. The van der Waals surface area contributed by atoms with E-state index in [4.69, 9.17) is 0 Å². The van der Waals surface area contributed by atoms with Crippen LogP contribution >= 0.6 is 0 Å². The van der Waals surface area contributed by atoms with E-state index in [2.05, 4.69) is 16.9 Å². The highest BCUT2D eigenvalue weighted by molar-refractivity contribution is 6.21. The molecule has 2 aromatic rings. The Morgan fingerprint density at radius 2 is 1.77 bits per heavy atom. The molecule has 0 saturated carbocycles. The van der Waals surface area contributed by atoms with Crippen LogP contribution in [0.15, 0.2) is 30.5 Å². The molecule has 0 radical (unpaired) electrons. The molecule has 1 aromatic carbocycles. The van der Waals surface area contributed by atoms with Crippen molar-refractivity contribution in [2.45, 2.75) is 32.6 Å². The second-order valence-corrected chi connectivity index (χ2v) is 5.52. The SMILES string of the molecule is CCCCc1ncc(CCN2C(=O)c3ccccc3C2=O)[nH]1. The van der Waals surface area contributed by atoms with Crippen molar-refractivity contribution in [2.75, 3.05) is 6.54 Å². The smallest absolute Gasteiger partial charge is 0.261 e. The average molecular weight is 297 g/mol. The van der Waals surface area contributed by atoms with Crippen LogP contribution in [-0.4, -0.2) is 33.2 Å². The Bertz CT molecular complexity index is 670. The number of aryl methyl sites for hydroxylation is 1. The summed E-state index contributed by atoms with van der Waals surface area (Å²) in [6, 6.07) is 6.97. The van der Waals surface area contributed by atoms with E-state index in [0.717, 1.165) is 30.8 Å². The summed E-state index contributed by atoms with van der Waals surface area (Å²) in [7, 11) is 0. The van der Waals surface area contributed by atoms with Crippen molar-refractivity contribution < 1.29 is 9.59 Å². The number of imide groups is 1. The summed E-state index contributed by atoms with van der Waals surface area (Å²) in [5.41, 5.74) is 1.96. The molecule has 0 saturated heterocycles. The Morgan fingerprint density at radius 3 is 2.41 bits per heavy atom. The first-order chi connectivity index (χ1) is 10.7. The lowest BCUT2D eigenvalue weighted by molar-refractivity contribution is 0.0656. The van der Waals surface area contributed by atoms with E-state index in [1.54, 1.807) is 30.5 Å². The molecule has 5 heteroatoms. The van der Waals surface area contributed by atoms with Gasteiger partial charge in [-0.05, 0) is 18.6 Å². The van der Waals surface area contributed by atoms with Crippen molar-refractivity contribution in [3.63, 3.8) is 0 Å². The number of imidazole rings is 1. The lowest BCUT2D eigenvalue weighted by Gasteiger charge is -2.12. The van der Waals surface area contributed by atoms with Crippen LogP contribution in [0, 0.1) is 0 Å². The number of hydrogen-bond donors (Lipinski definition) is 1. The fraction of sp³-hybridized carbons (Fsp3) is 0.353. The zero-order valence-corrected chi connectivity index (χ0v) is 12.6. The average Bonchev–Trinajstić information content (AvgIpc) is 3.08. The Morgan fingerprint density at radius 1 is 1.09 bits per heavy atom. The molecular formula is C17H19N3O2. The molecule has 0 atom stereocenters. The number of aromatic nitrogens is 2. The maximum atomic E-state index is 12.3. The Balaban J connectivity index is 1.64.